The molecule has 0 aliphatic carbocycles. The van der Waals surface area contributed by atoms with Crippen molar-refractivity contribution in [2.45, 2.75) is 65.2 Å². The summed E-state index contributed by atoms with van der Waals surface area (Å²) >= 11 is 0. The SMILES string of the molecule is CCCCCC(CCCCC)(C(=O)OC)C(=O)OC. The quantitative estimate of drug-likeness (QED) is 0.347. The molecule has 0 bridgehead atoms. The lowest BCUT2D eigenvalue weighted by Crippen LogP contribution is -2.41. The van der Waals surface area contributed by atoms with Crippen LogP contribution in [0.15, 0.2) is 0 Å². The van der Waals surface area contributed by atoms with Crippen LogP contribution in [0.1, 0.15) is 65.2 Å². The number of ether oxygens (including phenoxy) is 2. The second-order valence-electron chi connectivity index (χ2n) is 4.98. The molecule has 0 saturated heterocycles. The molecule has 0 saturated carbocycles. The van der Waals surface area contributed by atoms with Crippen LogP contribution in [-0.4, -0.2) is 26.2 Å². The molecule has 112 valence electrons. The molecule has 0 amide bonds. The molecule has 0 fully saturated rings. The molecule has 0 spiro atoms. The largest absolute Gasteiger partial charge is 0.468 e. The highest BCUT2D eigenvalue weighted by molar-refractivity contribution is 5.99. The number of esters is 2. The Hall–Kier alpha value is -1.06. The maximum absolute atomic E-state index is 12.1. The summed E-state index contributed by atoms with van der Waals surface area (Å²) in [6, 6.07) is 0. The van der Waals surface area contributed by atoms with Crippen molar-refractivity contribution in [2.24, 2.45) is 5.41 Å². The van der Waals surface area contributed by atoms with Crippen molar-refractivity contribution in [3.05, 3.63) is 0 Å². The maximum Gasteiger partial charge on any atom is 0.323 e. The van der Waals surface area contributed by atoms with Gasteiger partial charge in [-0.05, 0) is 12.8 Å². The number of carbonyl (C=O) groups excluding carboxylic acids is 2. The van der Waals surface area contributed by atoms with Crippen molar-refractivity contribution in [1.82, 2.24) is 0 Å². The van der Waals surface area contributed by atoms with Gasteiger partial charge in [-0.3, -0.25) is 9.59 Å². The molecule has 4 heteroatoms. The Balaban J connectivity index is 4.96. The standard InChI is InChI=1S/C15H28O4/c1-5-7-9-11-15(13(16)18-3,14(17)19-4)12-10-8-6-2/h5-12H2,1-4H3. The Morgan fingerprint density at radius 3 is 1.42 bits per heavy atom. The van der Waals surface area contributed by atoms with Crippen LogP contribution in [0.3, 0.4) is 0 Å². The first-order chi connectivity index (χ1) is 9.08. The highest BCUT2D eigenvalue weighted by Gasteiger charge is 2.47. The third-order valence-corrected chi connectivity index (χ3v) is 3.57. The summed E-state index contributed by atoms with van der Waals surface area (Å²) in [6.45, 7) is 4.18. The zero-order valence-corrected chi connectivity index (χ0v) is 12.8. The summed E-state index contributed by atoms with van der Waals surface area (Å²) < 4.78 is 9.72. The number of hydrogen-bond acceptors (Lipinski definition) is 4. The first kappa shape index (κ1) is 17.9. The van der Waals surface area contributed by atoms with Gasteiger partial charge in [-0.25, -0.2) is 0 Å². The second-order valence-corrected chi connectivity index (χ2v) is 4.98. The van der Waals surface area contributed by atoms with E-state index in [2.05, 4.69) is 13.8 Å². The lowest BCUT2D eigenvalue weighted by atomic mass is 9.78. The Morgan fingerprint density at radius 1 is 0.789 bits per heavy atom. The lowest BCUT2D eigenvalue weighted by Gasteiger charge is -2.28. The van der Waals surface area contributed by atoms with E-state index in [-0.39, 0.29) is 0 Å². The van der Waals surface area contributed by atoms with Gasteiger partial charge < -0.3 is 9.47 Å². The normalized spacial score (nSPS) is 11.2. The minimum atomic E-state index is -1.10. The Kier molecular flexibility index (Phi) is 9.27. The van der Waals surface area contributed by atoms with Crippen LogP contribution in [0.4, 0.5) is 0 Å². The molecular weight excluding hydrogens is 244 g/mol. The number of methoxy groups -OCH3 is 2. The fourth-order valence-corrected chi connectivity index (χ4v) is 2.36. The first-order valence-corrected chi connectivity index (χ1v) is 7.25. The molecule has 0 rings (SSSR count). The van der Waals surface area contributed by atoms with Crippen LogP contribution in [0.5, 0.6) is 0 Å². The lowest BCUT2D eigenvalue weighted by molar-refractivity contribution is -0.170. The Bertz CT molecular complexity index is 245. The topological polar surface area (TPSA) is 52.6 Å². The highest BCUT2D eigenvalue weighted by atomic mass is 16.5. The van der Waals surface area contributed by atoms with E-state index in [1.165, 1.54) is 14.2 Å². The molecule has 19 heavy (non-hydrogen) atoms. The number of hydrogen-bond donors (Lipinski definition) is 0. The minimum Gasteiger partial charge on any atom is -0.468 e. The van der Waals surface area contributed by atoms with Crippen LogP contribution < -0.4 is 0 Å². The van der Waals surface area contributed by atoms with E-state index in [0.29, 0.717) is 12.8 Å². The molecule has 0 aromatic heterocycles. The summed E-state index contributed by atoms with van der Waals surface area (Å²) in [6.07, 6.45) is 6.82. The van der Waals surface area contributed by atoms with Crippen LogP contribution in [0, 0.1) is 5.41 Å². The molecule has 0 atom stereocenters. The Labute approximate surface area is 116 Å². The predicted octanol–water partition coefficient (Wildman–Crippen LogP) is 3.48. The molecule has 4 nitrogen and oxygen atoms in total. The third-order valence-electron chi connectivity index (χ3n) is 3.57. The van der Waals surface area contributed by atoms with Crippen LogP contribution in [-0.2, 0) is 19.1 Å². The molecule has 0 heterocycles. The van der Waals surface area contributed by atoms with Gasteiger partial charge in [0.15, 0.2) is 5.41 Å². The van der Waals surface area contributed by atoms with E-state index >= 15 is 0 Å². The molecular formula is C15H28O4. The average Bonchev–Trinajstić information content (AvgIpc) is 2.44. The van der Waals surface area contributed by atoms with Gasteiger partial charge in [-0.15, -0.1) is 0 Å². The van der Waals surface area contributed by atoms with Gasteiger partial charge in [0.25, 0.3) is 0 Å². The van der Waals surface area contributed by atoms with Crippen molar-refractivity contribution < 1.29 is 19.1 Å². The highest BCUT2D eigenvalue weighted by Crippen LogP contribution is 2.34. The zero-order valence-electron chi connectivity index (χ0n) is 12.8. The van der Waals surface area contributed by atoms with Gasteiger partial charge in [0, 0.05) is 0 Å². The summed E-state index contributed by atoms with van der Waals surface area (Å²) in [5.41, 5.74) is -1.10. The van der Waals surface area contributed by atoms with Crippen LogP contribution in [0.25, 0.3) is 0 Å². The fraction of sp³-hybridized carbons (Fsp3) is 0.867. The van der Waals surface area contributed by atoms with Gasteiger partial charge in [-0.1, -0.05) is 52.4 Å². The van der Waals surface area contributed by atoms with Crippen molar-refractivity contribution >= 4 is 11.9 Å². The predicted molar refractivity (Wildman–Crippen MR) is 74.7 cm³/mol. The van der Waals surface area contributed by atoms with E-state index < -0.39 is 17.4 Å². The van der Waals surface area contributed by atoms with Crippen molar-refractivity contribution in [1.29, 1.82) is 0 Å². The maximum atomic E-state index is 12.1. The summed E-state index contributed by atoms with van der Waals surface area (Å²) in [5, 5.41) is 0. The minimum absolute atomic E-state index is 0.452. The van der Waals surface area contributed by atoms with E-state index in [1.807, 2.05) is 0 Å². The summed E-state index contributed by atoms with van der Waals surface area (Å²) in [4.78, 5) is 24.2. The average molecular weight is 272 g/mol. The van der Waals surface area contributed by atoms with E-state index in [1.54, 1.807) is 0 Å². The van der Waals surface area contributed by atoms with Gasteiger partial charge in [0.1, 0.15) is 0 Å². The van der Waals surface area contributed by atoms with Crippen LogP contribution >= 0.6 is 0 Å². The van der Waals surface area contributed by atoms with Gasteiger partial charge in [0.05, 0.1) is 14.2 Å². The first-order valence-electron chi connectivity index (χ1n) is 7.25. The molecule has 0 unspecified atom stereocenters. The van der Waals surface area contributed by atoms with Crippen molar-refractivity contribution in [2.75, 3.05) is 14.2 Å². The van der Waals surface area contributed by atoms with Gasteiger partial charge >= 0.3 is 11.9 Å². The monoisotopic (exact) mass is 272 g/mol. The molecule has 0 aromatic rings. The number of rotatable bonds is 10. The van der Waals surface area contributed by atoms with Crippen molar-refractivity contribution in [3.63, 3.8) is 0 Å². The zero-order chi connectivity index (χ0) is 14.7. The summed E-state index contributed by atoms with van der Waals surface area (Å²) in [7, 11) is 2.67. The number of unbranched alkanes of at least 4 members (excludes halogenated alkanes) is 4. The van der Waals surface area contributed by atoms with E-state index in [0.717, 1.165) is 38.5 Å². The Morgan fingerprint density at radius 2 is 1.16 bits per heavy atom. The third kappa shape index (κ3) is 5.21. The van der Waals surface area contributed by atoms with E-state index in [9.17, 15) is 9.59 Å². The molecule has 0 aliphatic rings. The second kappa shape index (κ2) is 9.82. The van der Waals surface area contributed by atoms with Crippen LogP contribution in [0.2, 0.25) is 0 Å². The van der Waals surface area contributed by atoms with Crippen molar-refractivity contribution in [3.8, 4) is 0 Å². The summed E-state index contributed by atoms with van der Waals surface area (Å²) in [5.74, 6) is -0.905. The molecule has 0 radical (unpaired) electrons. The fourth-order valence-electron chi connectivity index (χ4n) is 2.36. The number of carbonyl (C=O) groups is 2. The molecule has 0 aliphatic heterocycles. The molecule has 0 N–H and O–H groups in total. The smallest absolute Gasteiger partial charge is 0.323 e. The van der Waals surface area contributed by atoms with Gasteiger partial charge in [0.2, 0.25) is 0 Å². The van der Waals surface area contributed by atoms with Gasteiger partial charge in [-0.2, -0.15) is 0 Å². The van der Waals surface area contributed by atoms with E-state index in [4.69, 9.17) is 9.47 Å². The molecule has 0 aromatic carbocycles.